The predicted octanol–water partition coefficient (Wildman–Crippen LogP) is 2.41. The smallest absolute Gasteiger partial charge is 0.251 e. The van der Waals surface area contributed by atoms with Gasteiger partial charge in [0.1, 0.15) is 11.9 Å². The highest BCUT2D eigenvalue weighted by atomic mass is 16.5. The minimum absolute atomic E-state index is 0.0426. The Morgan fingerprint density at radius 1 is 1.11 bits per heavy atom. The molecule has 0 saturated carbocycles. The van der Waals surface area contributed by atoms with Crippen molar-refractivity contribution in [1.82, 2.24) is 10.2 Å². The highest BCUT2D eigenvalue weighted by molar-refractivity contribution is 5.96. The Balaban J connectivity index is 1.57. The van der Waals surface area contributed by atoms with Crippen molar-refractivity contribution in [1.29, 1.82) is 0 Å². The third-order valence-electron chi connectivity index (χ3n) is 4.54. The molecule has 1 N–H and O–H groups in total. The maximum atomic E-state index is 12.6. The van der Waals surface area contributed by atoms with Crippen molar-refractivity contribution in [3.05, 3.63) is 65.7 Å². The molecule has 0 spiro atoms. The second kappa shape index (κ2) is 8.68. The predicted molar refractivity (Wildman–Crippen MR) is 102 cm³/mol. The lowest BCUT2D eigenvalue weighted by Gasteiger charge is -2.37. The number of carbonyl (C=O) groups excluding carboxylic acids is 2. The van der Waals surface area contributed by atoms with Gasteiger partial charge in [-0.15, -0.1) is 0 Å². The lowest BCUT2D eigenvalue weighted by molar-refractivity contribution is -0.143. The average molecular weight is 368 g/mol. The molecule has 1 fully saturated rings. The van der Waals surface area contributed by atoms with Gasteiger partial charge in [0, 0.05) is 12.1 Å². The highest BCUT2D eigenvalue weighted by Gasteiger charge is 2.29. The molecule has 0 aliphatic carbocycles. The van der Waals surface area contributed by atoms with Gasteiger partial charge in [-0.05, 0) is 36.8 Å². The molecule has 6 nitrogen and oxygen atoms in total. The molecule has 1 heterocycles. The van der Waals surface area contributed by atoms with Gasteiger partial charge in [-0.2, -0.15) is 0 Å². The number of amides is 2. The van der Waals surface area contributed by atoms with Crippen molar-refractivity contribution in [2.24, 2.45) is 0 Å². The molecule has 3 rings (SSSR count). The largest absolute Gasteiger partial charge is 0.497 e. The number of nitrogens with zero attached hydrogens (tertiary/aromatic N) is 1. The van der Waals surface area contributed by atoms with Gasteiger partial charge in [-0.3, -0.25) is 9.59 Å². The van der Waals surface area contributed by atoms with Crippen LogP contribution in [0, 0.1) is 0 Å². The Kier molecular flexibility index (Phi) is 6.08. The third-order valence-corrected chi connectivity index (χ3v) is 4.54. The van der Waals surface area contributed by atoms with Crippen LogP contribution in [0.1, 0.15) is 28.9 Å². The number of morpholine rings is 1. The van der Waals surface area contributed by atoms with E-state index in [1.165, 1.54) is 0 Å². The van der Waals surface area contributed by atoms with Crippen LogP contribution in [0.15, 0.2) is 54.6 Å². The van der Waals surface area contributed by atoms with E-state index in [4.69, 9.17) is 9.47 Å². The summed E-state index contributed by atoms with van der Waals surface area (Å²) in [7, 11) is 1.57. The number of carbonyl (C=O) groups is 2. The molecule has 0 unspecified atom stereocenters. The molecule has 27 heavy (non-hydrogen) atoms. The molecule has 1 aliphatic rings. The van der Waals surface area contributed by atoms with Gasteiger partial charge in [0.15, 0.2) is 0 Å². The summed E-state index contributed by atoms with van der Waals surface area (Å²) in [5, 5.41) is 2.69. The lowest BCUT2D eigenvalue weighted by atomic mass is 10.1. The van der Waals surface area contributed by atoms with Crippen molar-refractivity contribution in [2.75, 3.05) is 26.7 Å². The Hall–Kier alpha value is -2.86. The maximum Gasteiger partial charge on any atom is 0.251 e. The first-order valence-corrected chi connectivity index (χ1v) is 8.97. The van der Waals surface area contributed by atoms with E-state index in [0.717, 1.165) is 5.56 Å². The number of methoxy groups -OCH3 is 1. The number of benzene rings is 2. The van der Waals surface area contributed by atoms with Crippen LogP contribution in [0.25, 0.3) is 0 Å². The first-order valence-electron chi connectivity index (χ1n) is 8.97. The van der Waals surface area contributed by atoms with Crippen LogP contribution in [-0.2, 0) is 9.53 Å². The zero-order valence-corrected chi connectivity index (χ0v) is 15.6. The summed E-state index contributed by atoms with van der Waals surface area (Å²) in [4.78, 5) is 26.6. The molecular weight excluding hydrogens is 344 g/mol. The van der Waals surface area contributed by atoms with E-state index in [9.17, 15) is 9.59 Å². The molecule has 1 saturated heterocycles. The summed E-state index contributed by atoms with van der Waals surface area (Å²) in [5.41, 5.74) is 1.53. The fraction of sp³-hybridized carbons (Fsp3) is 0.333. The van der Waals surface area contributed by atoms with E-state index < -0.39 is 0 Å². The van der Waals surface area contributed by atoms with Crippen molar-refractivity contribution in [2.45, 2.75) is 19.1 Å². The van der Waals surface area contributed by atoms with Gasteiger partial charge in [0.05, 0.1) is 26.3 Å². The second-order valence-electron chi connectivity index (χ2n) is 6.56. The molecule has 0 radical (unpaired) electrons. The number of ether oxygens (including phenoxy) is 2. The summed E-state index contributed by atoms with van der Waals surface area (Å²) >= 11 is 0. The van der Waals surface area contributed by atoms with Crippen LogP contribution in [0.3, 0.4) is 0 Å². The summed E-state index contributed by atoms with van der Waals surface area (Å²) in [6, 6.07) is 16.6. The van der Waals surface area contributed by atoms with Crippen molar-refractivity contribution in [3.63, 3.8) is 0 Å². The van der Waals surface area contributed by atoms with E-state index in [0.29, 0.717) is 24.4 Å². The maximum absolute atomic E-state index is 12.6. The molecular formula is C21H24N2O4. The summed E-state index contributed by atoms with van der Waals surface area (Å²) in [5.74, 6) is 0.275. The van der Waals surface area contributed by atoms with Crippen LogP contribution in [-0.4, -0.2) is 49.6 Å². The van der Waals surface area contributed by atoms with Crippen molar-refractivity contribution >= 4 is 11.8 Å². The Morgan fingerprint density at radius 2 is 1.81 bits per heavy atom. The monoisotopic (exact) mass is 368 g/mol. The van der Waals surface area contributed by atoms with Gasteiger partial charge in [0.2, 0.25) is 5.91 Å². The van der Waals surface area contributed by atoms with Crippen LogP contribution >= 0.6 is 0 Å². The van der Waals surface area contributed by atoms with E-state index in [-0.39, 0.29) is 30.6 Å². The molecule has 2 atom stereocenters. The van der Waals surface area contributed by atoms with Crippen LogP contribution < -0.4 is 10.1 Å². The highest BCUT2D eigenvalue weighted by Crippen LogP contribution is 2.25. The van der Waals surface area contributed by atoms with Gasteiger partial charge in [-0.1, -0.05) is 30.3 Å². The van der Waals surface area contributed by atoms with Gasteiger partial charge >= 0.3 is 0 Å². The first-order chi connectivity index (χ1) is 13.1. The van der Waals surface area contributed by atoms with E-state index >= 15 is 0 Å². The van der Waals surface area contributed by atoms with Crippen molar-refractivity contribution in [3.8, 4) is 5.75 Å². The Morgan fingerprint density at radius 3 is 2.48 bits per heavy atom. The molecule has 1 aliphatic heterocycles. The number of rotatable bonds is 5. The second-order valence-corrected chi connectivity index (χ2v) is 6.56. The zero-order chi connectivity index (χ0) is 19.2. The topological polar surface area (TPSA) is 67.9 Å². The molecule has 2 aromatic carbocycles. The van der Waals surface area contributed by atoms with Crippen LogP contribution in [0.2, 0.25) is 0 Å². The Bertz CT molecular complexity index is 777. The fourth-order valence-electron chi connectivity index (χ4n) is 3.12. The van der Waals surface area contributed by atoms with E-state index in [1.54, 1.807) is 36.3 Å². The lowest BCUT2D eigenvalue weighted by Crippen LogP contribution is -2.49. The summed E-state index contributed by atoms with van der Waals surface area (Å²) in [6.07, 6.45) is -0.221. The number of hydrogen-bond acceptors (Lipinski definition) is 4. The van der Waals surface area contributed by atoms with Crippen LogP contribution in [0.4, 0.5) is 0 Å². The molecule has 2 aromatic rings. The fourth-order valence-corrected chi connectivity index (χ4v) is 3.12. The van der Waals surface area contributed by atoms with Gasteiger partial charge in [-0.25, -0.2) is 0 Å². The van der Waals surface area contributed by atoms with Crippen LogP contribution in [0.5, 0.6) is 5.75 Å². The van der Waals surface area contributed by atoms with E-state index in [1.807, 2.05) is 37.3 Å². The minimum atomic E-state index is -0.285. The first kappa shape index (κ1) is 18.9. The standard InChI is InChI=1S/C21H24N2O4/c1-15-13-23(14-19(27-15)16-6-4-3-5-7-16)20(24)12-22-21(25)17-8-10-18(26-2)11-9-17/h3-11,15,19H,12-14H2,1-2H3,(H,22,25)/t15-,19-/m0/s1. The number of hydrogen-bond donors (Lipinski definition) is 1. The quantitative estimate of drug-likeness (QED) is 0.880. The zero-order valence-electron chi connectivity index (χ0n) is 15.6. The molecule has 6 heteroatoms. The minimum Gasteiger partial charge on any atom is -0.497 e. The third kappa shape index (κ3) is 4.86. The number of nitrogens with one attached hydrogen (secondary N) is 1. The van der Waals surface area contributed by atoms with Gasteiger partial charge < -0.3 is 19.7 Å². The SMILES string of the molecule is COc1ccc(C(=O)NCC(=O)N2C[C@@H](c3ccccc3)O[C@@H](C)C2)cc1. The van der Waals surface area contributed by atoms with Gasteiger partial charge in [0.25, 0.3) is 5.91 Å². The summed E-state index contributed by atoms with van der Waals surface area (Å²) < 4.78 is 11.1. The van der Waals surface area contributed by atoms with E-state index in [2.05, 4.69) is 5.32 Å². The molecule has 0 aromatic heterocycles. The average Bonchev–Trinajstić information content (AvgIpc) is 2.72. The molecule has 0 bridgehead atoms. The summed E-state index contributed by atoms with van der Waals surface area (Å²) in [6.45, 7) is 2.90. The Labute approximate surface area is 159 Å². The molecule has 2 amide bonds. The van der Waals surface area contributed by atoms with Crippen molar-refractivity contribution < 1.29 is 19.1 Å². The normalized spacial score (nSPS) is 19.4. The molecule has 142 valence electrons.